The third-order valence-corrected chi connectivity index (χ3v) is 1.63. The van der Waals surface area contributed by atoms with E-state index in [-0.39, 0.29) is 67.2 Å². The Hall–Kier alpha value is -2.47. The first-order valence-corrected chi connectivity index (χ1v) is 7.94. The van der Waals surface area contributed by atoms with E-state index in [9.17, 15) is 39.6 Å². The van der Waals surface area contributed by atoms with Crippen LogP contribution in [0.4, 0.5) is 0 Å². The molecule has 162 valence electrons. The first kappa shape index (κ1) is 37.3. The molecule has 0 N–H and O–H groups in total. The molecular weight excluding hydrogens is 552 g/mol. The molecule has 0 spiro atoms. The van der Waals surface area contributed by atoms with E-state index in [1.165, 1.54) is 55.4 Å². The summed E-state index contributed by atoms with van der Waals surface area (Å²) in [5, 5.41) is 39.9. The normalized spacial score (nSPS) is 11.0. The summed E-state index contributed by atoms with van der Waals surface area (Å²) in [6.07, 6.45) is 4.22. The van der Waals surface area contributed by atoms with Crippen LogP contribution in [0.5, 0.6) is 0 Å². The third kappa shape index (κ3) is 77.2. The molecule has 0 bridgehead atoms. The predicted octanol–water partition coefficient (Wildman–Crippen LogP) is -0.644. The summed E-state index contributed by atoms with van der Waals surface area (Å²) in [7, 11) is 0. The van der Waals surface area contributed by atoms with Crippen LogP contribution in [0.3, 0.4) is 0 Å². The van der Waals surface area contributed by atoms with Crippen LogP contribution in [0.15, 0.2) is 47.3 Å². The topological polar surface area (TPSA) is 161 Å². The minimum Gasteiger partial charge on any atom is -0.876 e. The smallest absolute Gasteiger partial charge is 0.876 e. The number of carbonyl (C=O) groups excluding carboxylic acids is 4. The second kappa shape index (κ2) is 23.6. The largest absolute Gasteiger partial charge is 4.00 e. The minimum absolute atomic E-state index is 0. The van der Waals surface area contributed by atoms with Crippen molar-refractivity contribution in [3.05, 3.63) is 47.3 Å². The number of carbonyl (C=O) groups is 4. The van der Waals surface area contributed by atoms with E-state index in [4.69, 9.17) is 0 Å². The van der Waals surface area contributed by atoms with Gasteiger partial charge in [-0.25, -0.2) is 0 Å². The van der Waals surface area contributed by atoms with Gasteiger partial charge in [0, 0.05) is 0 Å². The van der Waals surface area contributed by atoms with E-state index in [0.717, 1.165) is 24.3 Å². The molecule has 0 unspecified atom stereocenters. The van der Waals surface area contributed by atoms with Gasteiger partial charge in [0.05, 0.1) is 0 Å². The van der Waals surface area contributed by atoms with Crippen molar-refractivity contribution in [3.8, 4) is 0 Å². The second-order valence-corrected chi connectivity index (χ2v) is 5.46. The van der Waals surface area contributed by atoms with Crippen LogP contribution >= 0.6 is 0 Å². The molecule has 0 amide bonds. The van der Waals surface area contributed by atoms with Gasteiger partial charge in [0.2, 0.25) is 0 Å². The zero-order chi connectivity index (χ0) is 23.4. The Balaban J connectivity index is -0.0000000873. The molecule has 29 heavy (non-hydrogen) atoms. The van der Waals surface area contributed by atoms with Crippen LogP contribution < -0.4 is 20.4 Å². The summed E-state index contributed by atoms with van der Waals surface area (Å²) in [6, 6.07) is 0. The summed E-state index contributed by atoms with van der Waals surface area (Å²) in [5.41, 5.74) is 0. The van der Waals surface area contributed by atoms with Crippen molar-refractivity contribution in [2.75, 3.05) is 0 Å². The SMILES string of the molecule is CC(=O)/C=C(/C)[O-].CC(=O)/C=C(/C)[O-].CC(=O)/C=C(/C)[O-].CC(=O)/C=C(/C)[O-].[W+4]. The van der Waals surface area contributed by atoms with E-state index >= 15 is 0 Å². The quantitative estimate of drug-likeness (QED) is 0.314. The molecule has 0 atom stereocenters. The van der Waals surface area contributed by atoms with Crippen LogP contribution in [0, 0.1) is 0 Å². The van der Waals surface area contributed by atoms with E-state index in [0.29, 0.717) is 0 Å². The van der Waals surface area contributed by atoms with Crippen molar-refractivity contribution in [1.82, 2.24) is 0 Å². The molecule has 0 fully saturated rings. The fourth-order valence-electron chi connectivity index (χ4n) is 1.14. The van der Waals surface area contributed by atoms with Gasteiger partial charge >= 0.3 is 21.1 Å². The number of hydrogen-bond donors (Lipinski definition) is 0. The van der Waals surface area contributed by atoms with Crippen LogP contribution in [0.2, 0.25) is 0 Å². The predicted molar refractivity (Wildman–Crippen MR) is 97.8 cm³/mol. The van der Waals surface area contributed by atoms with Gasteiger partial charge in [0.15, 0.2) is 23.1 Å². The molecule has 0 rings (SSSR count). The van der Waals surface area contributed by atoms with Gasteiger partial charge in [0.1, 0.15) is 0 Å². The van der Waals surface area contributed by atoms with Gasteiger partial charge in [-0.1, -0.05) is 27.7 Å². The van der Waals surface area contributed by atoms with Gasteiger partial charge in [-0.3, -0.25) is 19.2 Å². The molecule has 0 aromatic carbocycles. The van der Waals surface area contributed by atoms with Crippen molar-refractivity contribution in [1.29, 1.82) is 0 Å². The first-order chi connectivity index (χ1) is 12.5. The monoisotopic (exact) mass is 580 g/mol. The molecule has 8 nitrogen and oxygen atoms in total. The Kier molecular flexibility index (Phi) is 30.3. The summed E-state index contributed by atoms with van der Waals surface area (Å²) in [5.74, 6) is -1.50. The molecule has 0 aliphatic carbocycles. The summed E-state index contributed by atoms with van der Waals surface area (Å²) < 4.78 is 0. The Labute approximate surface area is 186 Å². The van der Waals surface area contributed by atoms with Crippen LogP contribution in [-0.4, -0.2) is 23.1 Å². The number of ketones is 4. The Morgan fingerprint density at radius 3 is 0.517 bits per heavy atom. The van der Waals surface area contributed by atoms with Crippen LogP contribution in [-0.2, 0) is 40.2 Å². The summed E-state index contributed by atoms with van der Waals surface area (Å²) >= 11 is 0. The molecule has 9 heteroatoms. The summed E-state index contributed by atoms with van der Waals surface area (Å²) in [6.45, 7) is 10.8. The number of rotatable bonds is 4. The van der Waals surface area contributed by atoms with E-state index in [1.54, 1.807) is 0 Å². The Morgan fingerprint density at radius 1 is 0.414 bits per heavy atom. The van der Waals surface area contributed by atoms with Gasteiger partial charge in [-0.05, 0) is 52.0 Å². The number of hydrogen-bond acceptors (Lipinski definition) is 8. The Bertz CT molecular complexity index is 513. The zero-order valence-corrected chi connectivity index (χ0v) is 20.9. The number of allylic oxidation sites excluding steroid dienone is 8. The fourth-order valence-corrected chi connectivity index (χ4v) is 1.14. The van der Waals surface area contributed by atoms with E-state index < -0.39 is 0 Å². The minimum atomic E-state index is -0.187. The van der Waals surface area contributed by atoms with Crippen LogP contribution in [0.25, 0.3) is 0 Å². The maximum absolute atomic E-state index is 9.98. The molecule has 0 saturated carbocycles. The van der Waals surface area contributed by atoms with Crippen molar-refractivity contribution >= 4 is 23.1 Å². The Morgan fingerprint density at radius 2 is 0.517 bits per heavy atom. The van der Waals surface area contributed by atoms with Crippen molar-refractivity contribution < 1.29 is 60.7 Å². The zero-order valence-electron chi connectivity index (χ0n) is 18.0. The average Bonchev–Trinajstić information content (AvgIpc) is 2.32. The van der Waals surface area contributed by atoms with Crippen molar-refractivity contribution in [2.45, 2.75) is 55.4 Å². The van der Waals surface area contributed by atoms with Gasteiger partial charge < -0.3 is 20.4 Å². The molecule has 0 aromatic heterocycles. The van der Waals surface area contributed by atoms with Crippen LogP contribution in [0.1, 0.15) is 55.4 Å². The third-order valence-electron chi connectivity index (χ3n) is 1.63. The molecular formula is C20H28O8W. The maximum atomic E-state index is 9.98. The van der Waals surface area contributed by atoms with Gasteiger partial charge in [0.25, 0.3) is 0 Å². The fraction of sp³-hybridized carbons (Fsp3) is 0.400. The van der Waals surface area contributed by atoms with Crippen molar-refractivity contribution in [3.63, 3.8) is 0 Å². The van der Waals surface area contributed by atoms with Crippen molar-refractivity contribution in [2.24, 2.45) is 0 Å². The second-order valence-electron chi connectivity index (χ2n) is 5.46. The molecule has 0 aromatic rings. The van der Waals surface area contributed by atoms with Gasteiger partial charge in [-0.15, -0.1) is 23.0 Å². The average molecular weight is 580 g/mol. The van der Waals surface area contributed by atoms with E-state index in [2.05, 4.69) is 0 Å². The molecule has 0 heterocycles. The molecule has 0 radical (unpaired) electrons. The molecule has 0 saturated heterocycles. The van der Waals surface area contributed by atoms with E-state index in [1.807, 2.05) is 0 Å². The molecule has 0 aliphatic heterocycles. The first-order valence-electron chi connectivity index (χ1n) is 7.94. The molecule has 0 aliphatic rings. The standard InChI is InChI=1S/4C5H8O2.W/c4*1-4(6)3-5(2)7;/h4*3,6H,1-2H3;/q;;;;+4/p-4/b4*4-3-;. The van der Waals surface area contributed by atoms with Gasteiger partial charge in [-0.2, -0.15) is 0 Å². The summed E-state index contributed by atoms with van der Waals surface area (Å²) in [4.78, 5) is 39.9. The maximum Gasteiger partial charge on any atom is 4.00 e.